The molecule has 198 valence electrons. The van der Waals surface area contributed by atoms with Gasteiger partial charge in [0.25, 0.3) is 10.4 Å². The number of carbonyl (C=O) groups excluding carboxylic acids is 2. The quantitative estimate of drug-likeness (QED) is 0.188. The van der Waals surface area contributed by atoms with Crippen LogP contribution in [0.5, 0.6) is 11.5 Å². The fourth-order valence-corrected chi connectivity index (χ4v) is 5.11. The highest BCUT2D eigenvalue weighted by molar-refractivity contribution is 8.27. The van der Waals surface area contributed by atoms with E-state index in [1.165, 1.54) is 10.9 Å². The number of alkyl halides is 1. The molecule has 0 aliphatic carbocycles. The fourth-order valence-electron chi connectivity index (χ4n) is 4.44. The minimum atomic E-state index is -1.96. The number of furan rings is 1. The molecule has 1 atom stereocenters. The molecule has 6 nitrogen and oxygen atoms in total. The zero-order valence-electron chi connectivity index (χ0n) is 21.8. The summed E-state index contributed by atoms with van der Waals surface area (Å²) in [6.45, 7) is 9.83. The summed E-state index contributed by atoms with van der Waals surface area (Å²) >= 11 is 0.382. The second-order valence-corrected chi connectivity index (χ2v) is 11.4. The topological polar surface area (TPSA) is 69.0 Å². The summed E-state index contributed by atoms with van der Waals surface area (Å²) in [7, 11) is 0. The van der Waals surface area contributed by atoms with Gasteiger partial charge >= 0.3 is 0 Å². The van der Waals surface area contributed by atoms with Crippen molar-refractivity contribution in [3.8, 4) is 11.5 Å². The van der Waals surface area contributed by atoms with E-state index in [4.69, 9.17) is 13.9 Å². The number of unbranched alkanes of at least 4 members (excludes halogenated alkanes) is 1. The zero-order chi connectivity index (χ0) is 26.6. The number of benzene rings is 2. The first-order valence-electron chi connectivity index (χ1n) is 12.7. The molecule has 1 fully saturated rings. The van der Waals surface area contributed by atoms with Crippen LogP contribution in [0.4, 0.5) is 14.9 Å². The number of thioether (sulfide) groups is 1. The van der Waals surface area contributed by atoms with Crippen molar-refractivity contribution >= 4 is 38.8 Å². The smallest absolute Gasteiger partial charge is 0.296 e. The van der Waals surface area contributed by atoms with Gasteiger partial charge < -0.3 is 13.9 Å². The highest BCUT2D eigenvalue weighted by Crippen LogP contribution is 2.36. The molecule has 1 aliphatic heterocycles. The van der Waals surface area contributed by atoms with Crippen LogP contribution in [0.1, 0.15) is 58.1 Å². The molecule has 0 bridgehead atoms. The van der Waals surface area contributed by atoms with Crippen molar-refractivity contribution in [3.63, 3.8) is 0 Å². The van der Waals surface area contributed by atoms with E-state index < -0.39 is 16.7 Å². The Morgan fingerprint density at radius 1 is 1.08 bits per heavy atom. The minimum absolute atomic E-state index is 0.180. The van der Waals surface area contributed by atoms with Crippen molar-refractivity contribution in [2.75, 3.05) is 18.1 Å². The van der Waals surface area contributed by atoms with E-state index in [1.54, 1.807) is 24.3 Å². The normalized spacial score (nSPS) is 16.1. The molecule has 1 saturated heterocycles. The first-order valence-corrected chi connectivity index (χ1v) is 13.6. The average Bonchev–Trinajstić information content (AvgIpc) is 3.35. The van der Waals surface area contributed by atoms with Gasteiger partial charge in [-0.05, 0) is 60.9 Å². The molecule has 0 N–H and O–H groups in total. The van der Waals surface area contributed by atoms with Gasteiger partial charge in [0.15, 0.2) is 0 Å². The van der Waals surface area contributed by atoms with Crippen molar-refractivity contribution < 1.29 is 27.9 Å². The van der Waals surface area contributed by atoms with E-state index >= 15 is 0 Å². The number of anilines is 1. The van der Waals surface area contributed by atoms with Crippen LogP contribution in [-0.2, 0) is 17.6 Å². The van der Waals surface area contributed by atoms with E-state index in [0.29, 0.717) is 36.4 Å². The highest BCUT2D eigenvalue weighted by atomic mass is 32.2. The maximum atomic E-state index is 14.1. The molecular weight excluding hydrogens is 493 g/mol. The molecule has 1 aliphatic rings. The summed E-state index contributed by atoms with van der Waals surface area (Å²) < 4.78 is 32.0. The van der Waals surface area contributed by atoms with E-state index in [2.05, 4.69) is 39.8 Å². The molecule has 3 aromatic rings. The van der Waals surface area contributed by atoms with Gasteiger partial charge in [-0.15, -0.1) is 0 Å². The standard InChI is InChI=1S/C29H34FNO5S/c1-5-9-23-24(13-12-22-19(17-29(2,3)4)18-36-25(22)23)35-15-7-6-14-34-21-11-8-10-20(16-21)31-26(30)27(32)37-28(31)33/h8,10-13,16,18,26H,5-7,9,14-15,17H2,1-4H3. The van der Waals surface area contributed by atoms with Gasteiger partial charge in [0, 0.05) is 28.8 Å². The molecule has 0 saturated carbocycles. The molecule has 1 amide bonds. The number of rotatable bonds is 11. The van der Waals surface area contributed by atoms with E-state index in [-0.39, 0.29) is 5.41 Å². The molecule has 8 heteroatoms. The van der Waals surface area contributed by atoms with Gasteiger partial charge in [-0.2, -0.15) is 0 Å². The molecule has 1 aromatic heterocycles. The Hall–Kier alpha value is -3.00. The second kappa shape index (κ2) is 11.6. The highest BCUT2D eigenvalue weighted by Gasteiger charge is 2.41. The van der Waals surface area contributed by atoms with Gasteiger partial charge in [0.1, 0.15) is 17.1 Å². The molecular formula is C29H34FNO5S. The Labute approximate surface area is 221 Å². The van der Waals surface area contributed by atoms with Gasteiger partial charge in [-0.25, -0.2) is 4.39 Å². The summed E-state index contributed by atoms with van der Waals surface area (Å²) in [5.74, 6) is 1.38. The van der Waals surface area contributed by atoms with Crippen molar-refractivity contribution in [2.24, 2.45) is 5.41 Å². The predicted octanol–water partition coefficient (Wildman–Crippen LogP) is 7.71. The van der Waals surface area contributed by atoms with Gasteiger partial charge in [-0.1, -0.05) is 40.2 Å². The summed E-state index contributed by atoms with van der Waals surface area (Å²) in [6, 6.07) is 10.7. The van der Waals surface area contributed by atoms with E-state index in [0.717, 1.165) is 53.9 Å². The summed E-state index contributed by atoms with van der Waals surface area (Å²) in [6.07, 6.45) is 4.31. The number of aryl methyl sites for hydroxylation is 1. The number of fused-ring (bicyclic) bond motifs is 1. The summed E-state index contributed by atoms with van der Waals surface area (Å²) in [5, 5.41) is -0.249. The largest absolute Gasteiger partial charge is 0.494 e. The SMILES string of the molecule is CCCc1c(OCCCCOc2cccc(N3C(=O)SC(=O)C3F)c2)ccc2c(CC(C)(C)C)coc12. The third-order valence-corrected chi connectivity index (χ3v) is 6.84. The lowest BCUT2D eigenvalue weighted by atomic mass is 9.88. The number of carbonyl (C=O) groups is 2. The summed E-state index contributed by atoms with van der Waals surface area (Å²) in [4.78, 5) is 24.2. The molecule has 1 unspecified atom stereocenters. The lowest BCUT2D eigenvalue weighted by Crippen LogP contribution is -2.31. The zero-order valence-corrected chi connectivity index (χ0v) is 22.7. The maximum Gasteiger partial charge on any atom is 0.296 e. The third kappa shape index (κ3) is 6.47. The average molecular weight is 528 g/mol. The Morgan fingerprint density at radius 3 is 2.51 bits per heavy atom. The lowest BCUT2D eigenvalue weighted by molar-refractivity contribution is -0.114. The molecule has 4 rings (SSSR count). The molecule has 37 heavy (non-hydrogen) atoms. The minimum Gasteiger partial charge on any atom is -0.494 e. The van der Waals surface area contributed by atoms with Gasteiger partial charge in [-0.3, -0.25) is 14.5 Å². The van der Waals surface area contributed by atoms with Crippen LogP contribution in [0.15, 0.2) is 47.1 Å². The van der Waals surface area contributed by atoms with Crippen molar-refractivity contribution in [3.05, 3.63) is 53.8 Å². The summed E-state index contributed by atoms with van der Waals surface area (Å²) in [5.41, 5.74) is 3.76. The van der Waals surface area contributed by atoms with Crippen LogP contribution in [0.2, 0.25) is 0 Å². The Bertz CT molecular complexity index is 1260. The van der Waals surface area contributed by atoms with Crippen LogP contribution in [-0.4, -0.2) is 29.9 Å². The first-order chi connectivity index (χ1) is 17.7. The van der Waals surface area contributed by atoms with Gasteiger partial charge in [0.2, 0.25) is 6.30 Å². The predicted molar refractivity (Wildman–Crippen MR) is 145 cm³/mol. The van der Waals surface area contributed by atoms with Crippen LogP contribution in [0.25, 0.3) is 11.0 Å². The number of halogens is 1. The van der Waals surface area contributed by atoms with E-state index in [1.807, 2.05) is 6.26 Å². The van der Waals surface area contributed by atoms with Crippen LogP contribution in [0.3, 0.4) is 0 Å². The first kappa shape index (κ1) is 27.0. The maximum absolute atomic E-state index is 14.1. The Balaban J connectivity index is 1.30. The van der Waals surface area contributed by atoms with Crippen LogP contribution < -0.4 is 14.4 Å². The van der Waals surface area contributed by atoms with Crippen molar-refractivity contribution in [1.29, 1.82) is 0 Å². The molecule has 2 aromatic carbocycles. The number of hydrogen-bond acceptors (Lipinski definition) is 6. The Morgan fingerprint density at radius 2 is 1.84 bits per heavy atom. The molecule has 0 spiro atoms. The lowest BCUT2D eigenvalue weighted by Gasteiger charge is -2.17. The molecule has 2 heterocycles. The van der Waals surface area contributed by atoms with Crippen LogP contribution in [0, 0.1) is 5.41 Å². The number of ether oxygens (including phenoxy) is 2. The van der Waals surface area contributed by atoms with E-state index in [9.17, 15) is 14.0 Å². The number of amides is 1. The second-order valence-electron chi connectivity index (χ2n) is 10.5. The monoisotopic (exact) mass is 527 g/mol. The Kier molecular flexibility index (Phi) is 8.47. The van der Waals surface area contributed by atoms with Gasteiger partial charge in [0.05, 0.1) is 25.2 Å². The molecule has 0 radical (unpaired) electrons. The number of nitrogens with zero attached hydrogens (tertiary/aromatic N) is 1. The van der Waals surface area contributed by atoms with Crippen LogP contribution >= 0.6 is 11.8 Å². The fraction of sp³-hybridized carbons (Fsp3) is 0.448. The third-order valence-electron chi connectivity index (χ3n) is 6.07. The van der Waals surface area contributed by atoms with Crippen molar-refractivity contribution in [1.82, 2.24) is 0 Å². The van der Waals surface area contributed by atoms with Crippen molar-refractivity contribution in [2.45, 2.75) is 66.1 Å². The number of hydrogen-bond donors (Lipinski definition) is 0.